The third kappa shape index (κ3) is 6.92. The normalized spacial score (nSPS) is 16.1. The smallest absolute Gasteiger partial charge is 0.191 e. The van der Waals surface area contributed by atoms with Crippen molar-refractivity contribution in [2.45, 2.75) is 13.3 Å². The zero-order valence-electron chi connectivity index (χ0n) is 15.9. The van der Waals surface area contributed by atoms with Crippen LogP contribution in [-0.4, -0.2) is 77.4 Å². The van der Waals surface area contributed by atoms with E-state index in [1.165, 1.54) is 11.3 Å². The van der Waals surface area contributed by atoms with Crippen molar-refractivity contribution in [3.8, 4) is 0 Å². The Morgan fingerprint density at radius 2 is 1.92 bits per heavy atom. The molecule has 6 nitrogen and oxygen atoms in total. The van der Waals surface area contributed by atoms with E-state index in [0.29, 0.717) is 6.61 Å². The van der Waals surface area contributed by atoms with Crippen molar-refractivity contribution in [1.82, 2.24) is 15.5 Å². The summed E-state index contributed by atoms with van der Waals surface area (Å²) in [6, 6.07) is 8.80. The molecule has 25 heavy (non-hydrogen) atoms. The van der Waals surface area contributed by atoms with Crippen molar-refractivity contribution in [2.75, 3.05) is 71.5 Å². The lowest BCUT2D eigenvalue weighted by Gasteiger charge is -2.36. The third-order valence-corrected chi connectivity index (χ3v) is 4.50. The Balaban J connectivity index is 1.61. The van der Waals surface area contributed by atoms with Gasteiger partial charge in [0, 0.05) is 59.1 Å². The van der Waals surface area contributed by atoms with Gasteiger partial charge in [0.2, 0.25) is 0 Å². The monoisotopic (exact) mass is 347 g/mol. The van der Waals surface area contributed by atoms with Gasteiger partial charge in [-0.05, 0) is 37.6 Å². The van der Waals surface area contributed by atoms with Gasteiger partial charge in [0.25, 0.3) is 0 Å². The Morgan fingerprint density at radius 3 is 2.60 bits per heavy atom. The van der Waals surface area contributed by atoms with Gasteiger partial charge in [-0.1, -0.05) is 12.1 Å². The van der Waals surface area contributed by atoms with E-state index in [0.717, 1.165) is 58.2 Å². The fraction of sp³-hybridized carbons (Fsp3) is 0.632. The lowest BCUT2D eigenvalue weighted by molar-refractivity contribution is 0.203. The summed E-state index contributed by atoms with van der Waals surface area (Å²) in [6.07, 6.45) is 1.12. The standard InChI is InChI=1S/C19H33N5O/c1-17-6-4-7-18(16-17)24-13-11-23(12-14-24)10-5-8-21-19(20-2)22-9-15-25-3/h4,6-7,16H,5,8-15H2,1-3H3,(H2,20,21,22). The number of guanidine groups is 1. The Kier molecular flexibility index (Phi) is 8.55. The SMILES string of the molecule is CN=C(NCCCN1CCN(c2cccc(C)c2)CC1)NCCOC. The van der Waals surface area contributed by atoms with Crippen LogP contribution in [0.25, 0.3) is 0 Å². The van der Waals surface area contributed by atoms with Gasteiger partial charge in [-0.2, -0.15) is 0 Å². The van der Waals surface area contributed by atoms with Gasteiger partial charge in [-0.3, -0.25) is 9.89 Å². The predicted octanol–water partition coefficient (Wildman–Crippen LogP) is 1.32. The van der Waals surface area contributed by atoms with Crippen LogP contribution in [-0.2, 0) is 4.74 Å². The third-order valence-electron chi connectivity index (χ3n) is 4.50. The van der Waals surface area contributed by atoms with Crippen LogP contribution in [0.5, 0.6) is 0 Å². The average Bonchev–Trinajstić information content (AvgIpc) is 2.64. The van der Waals surface area contributed by atoms with Crippen molar-refractivity contribution in [3.63, 3.8) is 0 Å². The van der Waals surface area contributed by atoms with Crippen LogP contribution >= 0.6 is 0 Å². The zero-order chi connectivity index (χ0) is 17.9. The fourth-order valence-corrected chi connectivity index (χ4v) is 3.06. The summed E-state index contributed by atoms with van der Waals surface area (Å²) in [4.78, 5) is 9.25. The van der Waals surface area contributed by atoms with Gasteiger partial charge in [0.05, 0.1) is 6.61 Å². The molecule has 0 amide bonds. The molecule has 0 saturated carbocycles. The summed E-state index contributed by atoms with van der Waals surface area (Å²) in [5.74, 6) is 0.848. The molecule has 0 radical (unpaired) electrons. The van der Waals surface area contributed by atoms with E-state index in [1.807, 2.05) is 0 Å². The molecule has 2 N–H and O–H groups in total. The second-order valence-electron chi connectivity index (χ2n) is 6.44. The molecule has 1 saturated heterocycles. The molecule has 1 fully saturated rings. The van der Waals surface area contributed by atoms with E-state index in [1.54, 1.807) is 14.2 Å². The van der Waals surface area contributed by atoms with Crippen LogP contribution in [0.1, 0.15) is 12.0 Å². The van der Waals surface area contributed by atoms with E-state index in [2.05, 4.69) is 56.6 Å². The molecule has 0 spiro atoms. The van der Waals surface area contributed by atoms with E-state index < -0.39 is 0 Å². The van der Waals surface area contributed by atoms with Gasteiger partial charge < -0.3 is 20.3 Å². The lowest BCUT2D eigenvalue weighted by Crippen LogP contribution is -2.47. The number of hydrogen-bond donors (Lipinski definition) is 2. The number of nitrogens with zero attached hydrogens (tertiary/aromatic N) is 3. The first kappa shape index (κ1) is 19.5. The van der Waals surface area contributed by atoms with Gasteiger partial charge in [-0.25, -0.2) is 0 Å². The van der Waals surface area contributed by atoms with Crippen LogP contribution in [0, 0.1) is 6.92 Å². The number of benzene rings is 1. The molecular weight excluding hydrogens is 314 g/mol. The van der Waals surface area contributed by atoms with Crippen LogP contribution in [0.2, 0.25) is 0 Å². The molecule has 1 heterocycles. The first-order chi connectivity index (χ1) is 12.2. The molecule has 140 valence electrons. The number of hydrogen-bond acceptors (Lipinski definition) is 4. The number of anilines is 1. The maximum absolute atomic E-state index is 5.03. The lowest BCUT2D eigenvalue weighted by atomic mass is 10.2. The highest BCUT2D eigenvalue weighted by atomic mass is 16.5. The van der Waals surface area contributed by atoms with Crippen molar-refractivity contribution in [3.05, 3.63) is 29.8 Å². The maximum atomic E-state index is 5.03. The maximum Gasteiger partial charge on any atom is 0.191 e. The molecule has 6 heteroatoms. The minimum absolute atomic E-state index is 0.686. The van der Waals surface area contributed by atoms with E-state index >= 15 is 0 Å². The summed E-state index contributed by atoms with van der Waals surface area (Å²) in [7, 11) is 3.50. The van der Waals surface area contributed by atoms with E-state index in [9.17, 15) is 0 Å². The second kappa shape index (κ2) is 10.9. The first-order valence-electron chi connectivity index (χ1n) is 9.20. The fourth-order valence-electron chi connectivity index (χ4n) is 3.06. The first-order valence-corrected chi connectivity index (χ1v) is 9.20. The van der Waals surface area contributed by atoms with Gasteiger partial charge in [-0.15, -0.1) is 0 Å². The van der Waals surface area contributed by atoms with Crippen molar-refractivity contribution >= 4 is 11.6 Å². The number of rotatable bonds is 8. The predicted molar refractivity (Wildman–Crippen MR) is 106 cm³/mol. The van der Waals surface area contributed by atoms with Gasteiger partial charge >= 0.3 is 0 Å². The molecule has 0 aromatic heterocycles. The van der Waals surface area contributed by atoms with Crippen LogP contribution in [0.3, 0.4) is 0 Å². The molecular formula is C19H33N5O. The van der Waals surface area contributed by atoms with Gasteiger partial charge in [0.1, 0.15) is 0 Å². The number of ether oxygens (including phenoxy) is 1. The van der Waals surface area contributed by atoms with Crippen molar-refractivity contribution in [2.24, 2.45) is 4.99 Å². The summed E-state index contributed by atoms with van der Waals surface area (Å²) in [5, 5.41) is 6.59. The van der Waals surface area contributed by atoms with Crippen molar-refractivity contribution < 1.29 is 4.74 Å². The minimum Gasteiger partial charge on any atom is -0.383 e. The highest BCUT2D eigenvalue weighted by molar-refractivity contribution is 5.79. The summed E-state index contributed by atoms with van der Waals surface area (Å²) in [6.45, 7) is 10.2. The largest absolute Gasteiger partial charge is 0.383 e. The molecule has 1 aliphatic heterocycles. The number of nitrogens with one attached hydrogen (secondary N) is 2. The topological polar surface area (TPSA) is 52.1 Å². The summed E-state index contributed by atoms with van der Waals surface area (Å²) >= 11 is 0. The Hall–Kier alpha value is -1.79. The quantitative estimate of drug-likeness (QED) is 0.422. The summed E-state index contributed by atoms with van der Waals surface area (Å²) in [5.41, 5.74) is 2.69. The molecule has 0 aliphatic carbocycles. The van der Waals surface area contributed by atoms with Crippen molar-refractivity contribution in [1.29, 1.82) is 0 Å². The second-order valence-corrected chi connectivity index (χ2v) is 6.44. The Labute approximate surface area is 152 Å². The zero-order valence-corrected chi connectivity index (χ0v) is 15.9. The number of methoxy groups -OCH3 is 1. The van der Waals surface area contributed by atoms with Crippen LogP contribution < -0.4 is 15.5 Å². The average molecular weight is 348 g/mol. The summed E-state index contributed by atoms with van der Waals surface area (Å²) < 4.78 is 5.03. The molecule has 0 bridgehead atoms. The number of aliphatic imine (C=N–C) groups is 1. The number of aryl methyl sites for hydroxylation is 1. The molecule has 0 atom stereocenters. The van der Waals surface area contributed by atoms with E-state index in [4.69, 9.17) is 4.74 Å². The molecule has 2 rings (SSSR count). The van der Waals surface area contributed by atoms with Gasteiger partial charge in [0.15, 0.2) is 5.96 Å². The molecule has 1 aromatic rings. The van der Waals surface area contributed by atoms with E-state index in [-0.39, 0.29) is 0 Å². The van der Waals surface area contributed by atoms with Crippen LogP contribution in [0.4, 0.5) is 5.69 Å². The Morgan fingerprint density at radius 1 is 1.16 bits per heavy atom. The highest BCUT2D eigenvalue weighted by Gasteiger charge is 2.16. The minimum atomic E-state index is 0.686. The Bertz CT molecular complexity index is 526. The molecule has 1 aromatic carbocycles. The molecule has 0 unspecified atom stereocenters. The van der Waals surface area contributed by atoms with Crippen LogP contribution in [0.15, 0.2) is 29.3 Å². The number of piperazine rings is 1. The highest BCUT2D eigenvalue weighted by Crippen LogP contribution is 2.17. The molecule has 1 aliphatic rings.